The fourth-order valence-corrected chi connectivity index (χ4v) is 3.50. The Bertz CT molecular complexity index is 979. The molecular formula is C18H17N3O3S. The summed E-state index contributed by atoms with van der Waals surface area (Å²) in [7, 11) is 1.61. The molecule has 1 aliphatic rings. The Balaban J connectivity index is 2.02. The van der Waals surface area contributed by atoms with Gasteiger partial charge in [-0.2, -0.15) is 4.73 Å². The molecule has 0 bridgehead atoms. The van der Waals surface area contributed by atoms with Crippen LogP contribution in [0.4, 0.5) is 0 Å². The van der Waals surface area contributed by atoms with Crippen LogP contribution in [0.5, 0.6) is 0 Å². The number of rotatable bonds is 5. The minimum atomic E-state index is -1.04. The molecule has 0 atom stereocenters. The lowest BCUT2D eigenvalue weighted by Gasteiger charge is -2.07. The largest absolute Gasteiger partial charge is 0.478 e. The molecular weight excluding hydrogens is 338 g/mol. The monoisotopic (exact) mass is 355 g/mol. The van der Waals surface area contributed by atoms with E-state index in [1.165, 1.54) is 36.4 Å². The minimum Gasteiger partial charge on any atom is -0.478 e. The number of aromatic carboxylic acids is 1. The van der Waals surface area contributed by atoms with Gasteiger partial charge in [-0.3, -0.25) is 0 Å². The number of nitrogens with zero attached hydrogens (tertiary/aromatic N) is 3. The SMILES string of the molecule is COn1cc(-c2nc(SC)ncc2C(=O)O)c2cccc(C3CC3)c21. The van der Waals surface area contributed by atoms with E-state index < -0.39 is 5.97 Å². The second-order valence-corrected chi connectivity index (χ2v) is 6.77. The Morgan fingerprint density at radius 1 is 1.40 bits per heavy atom. The summed E-state index contributed by atoms with van der Waals surface area (Å²) in [5.41, 5.74) is 3.48. The lowest BCUT2D eigenvalue weighted by Crippen LogP contribution is -2.05. The fourth-order valence-electron chi connectivity index (χ4n) is 3.16. The molecule has 1 N–H and O–H groups in total. The molecule has 25 heavy (non-hydrogen) atoms. The number of hydrogen-bond acceptors (Lipinski definition) is 5. The smallest absolute Gasteiger partial charge is 0.339 e. The van der Waals surface area contributed by atoms with Gasteiger partial charge in [0.1, 0.15) is 12.7 Å². The topological polar surface area (TPSA) is 77.2 Å². The maximum Gasteiger partial charge on any atom is 0.339 e. The van der Waals surface area contributed by atoms with Crippen molar-refractivity contribution in [2.24, 2.45) is 0 Å². The van der Waals surface area contributed by atoms with Crippen LogP contribution in [0.15, 0.2) is 35.7 Å². The standard InChI is InChI=1S/C18H17N3O3S/c1-24-21-9-14(12-5-3-4-11(16(12)21)10-6-7-10)15-13(17(22)23)8-19-18(20-15)25-2/h3-5,8-10H,6-7H2,1-2H3,(H,22,23). The molecule has 1 fully saturated rings. The van der Waals surface area contributed by atoms with E-state index in [2.05, 4.69) is 16.0 Å². The molecule has 6 nitrogen and oxygen atoms in total. The zero-order chi connectivity index (χ0) is 17.6. The van der Waals surface area contributed by atoms with Crippen molar-refractivity contribution in [3.63, 3.8) is 0 Å². The normalized spacial score (nSPS) is 14.0. The van der Waals surface area contributed by atoms with E-state index in [-0.39, 0.29) is 5.56 Å². The van der Waals surface area contributed by atoms with Gasteiger partial charge in [0.25, 0.3) is 0 Å². The average molecular weight is 355 g/mol. The van der Waals surface area contributed by atoms with Gasteiger partial charge in [0, 0.05) is 17.1 Å². The van der Waals surface area contributed by atoms with E-state index in [1.54, 1.807) is 11.8 Å². The number of carbonyl (C=O) groups is 1. The number of fused-ring (bicyclic) bond motifs is 1. The van der Waals surface area contributed by atoms with Crippen LogP contribution in [0.1, 0.15) is 34.7 Å². The van der Waals surface area contributed by atoms with Crippen molar-refractivity contribution in [1.29, 1.82) is 0 Å². The summed E-state index contributed by atoms with van der Waals surface area (Å²) in [6, 6.07) is 6.11. The molecule has 0 spiro atoms. The average Bonchev–Trinajstić information content (AvgIpc) is 3.41. The molecule has 7 heteroatoms. The maximum absolute atomic E-state index is 11.7. The molecule has 3 aromatic rings. The summed E-state index contributed by atoms with van der Waals surface area (Å²) in [5, 5.41) is 11.0. The van der Waals surface area contributed by atoms with Gasteiger partial charge < -0.3 is 9.94 Å². The first-order chi connectivity index (χ1) is 12.1. The molecule has 0 aliphatic heterocycles. The number of aromatic nitrogens is 3. The molecule has 0 saturated heterocycles. The molecule has 0 radical (unpaired) electrons. The van der Waals surface area contributed by atoms with Crippen LogP contribution in [0.2, 0.25) is 0 Å². The van der Waals surface area contributed by atoms with Gasteiger partial charge in [-0.25, -0.2) is 14.8 Å². The van der Waals surface area contributed by atoms with Crippen LogP contribution in [0.3, 0.4) is 0 Å². The quantitative estimate of drug-likeness (QED) is 0.558. The predicted octanol–water partition coefficient (Wildman–Crippen LogP) is 3.45. The molecule has 2 aromatic heterocycles. The first kappa shape index (κ1) is 16.0. The van der Waals surface area contributed by atoms with E-state index >= 15 is 0 Å². The Morgan fingerprint density at radius 2 is 2.20 bits per heavy atom. The van der Waals surface area contributed by atoms with E-state index in [0.29, 0.717) is 16.8 Å². The summed E-state index contributed by atoms with van der Waals surface area (Å²) in [4.78, 5) is 25.8. The summed E-state index contributed by atoms with van der Waals surface area (Å²) in [6.07, 6.45) is 7.40. The molecule has 0 unspecified atom stereocenters. The van der Waals surface area contributed by atoms with Crippen molar-refractivity contribution in [2.45, 2.75) is 23.9 Å². The summed E-state index contributed by atoms with van der Waals surface area (Å²) in [6.45, 7) is 0. The Labute approximate surface area is 148 Å². The van der Waals surface area contributed by atoms with Gasteiger partial charge in [0.2, 0.25) is 0 Å². The zero-order valence-electron chi connectivity index (χ0n) is 13.9. The van der Waals surface area contributed by atoms with Crippen LogP contribution in [-0.4, -0.2) is 39.1 Å². The van der Waals surface area contributed by atoms with Crippen LogP contribution in [0, 0.1) is 0 Å². The molecule has 0 amide bonds. The first-order valence-corrected chi connectivity index (χ1v) is 9.19. The van der Waals surface area contributed by atoms with Crippen LogP contribution in [-0.2, 0) is 0 Å². The Kier molecular flexibility index (Phi) is 3.88. The lowest BCUT2D eigenvalue weighted by atomic mass is 10.0. The van der Waals surface area contributed by atoms with Crippen LogP contribution in [0.25, 0.3) is 22.2 Å². The van der Waals surface area contributed by atoms with Gasteiger partial charge >= 0.3 is 5.97 Å². The summed E-state index contributed by atoms with van der Waals surface area (Å²) in [5.74, 6) is -0.495. The first-order valence-electron chi connectivity index (χ1n) is 7.97. The number of carboxylic acid groups (broad SMARTS) is 1. The minimum absolute atomic E-state index is 0.0878. The number of hydrogen-bond donors (Lipinski definition) is 1. The van der Waals surface area contributed by atoms with Crippen molar-refractivity contribution in [1.82, 2.24) is 14.7 Å². The van der Waals surface area contributed by atoms with Gasteiger partial charge in [-0.15, -0.1) is 0 Å². The van der Waals surface area contributed by atoms with Gasteiger partial charge in [-0.1, -0.05) is 30.0 Å². The molecule has 2 heterocycles. The number of para-hydroxylation sites is 1. The number of benzene rings is 1. The second kappa shape index (κ2) is 6.07. The third-order valence-electron chi connectivity index (χ3n) is 4.47. The molecule has 128 valence electrons. The van der Waals surface area contributed by atoms with Crippen molar-refractivity contribution in [3.05, 3.63) is 41.7 Å². The maximum atomic E-state index is 11.7. The highest BCUT2D eigenvalue weighted by molar-refractivity contribution is 7.98. The zero-order valence-corrected chi connectivity index (χ0v) is 14.7. The molecule has 1 saturated carbocycles. The number of carboxylic acids is 1. The molecule has 1 aromatic carbocycles. The molecule has 4 rings (SSSR count). The molecule has 1 aliphatic carbocycles. The highest BCUT2D eigenvalue weighted by Gasteiger charge is 2.28. The summed E-state index contributed by atoms with van der Waals surface area (Å²) >= 11 is 1.38. The van der Waals surface area contributed by atoms with Crippen molar-refractivity contribution in [3.8, 4) is 11.3 Å². The van der Waals surface area contributed by atoms with Crippen molar-refractivity contribution in [2.75, 3.05) is 13.4 Å². The van der Waals surface area contributed by atoms with Gasteiger partial charge in [-0.05, 0) is 30.6 Å². The Morgan fingerprint density at radius 3 is 2.84 bits per heavy atom. The van der Waals surface area contributed by atoms with Crippen LogP contribution >= 0.6 is 11.8 Å². The highest BCUT2D eigenvalue weighted by Crippen LogP contribution is 2.45. The third-order valence-corrected chi connectivity index (χ3v) is 5.03. The third kappa shape index (κ3) is 2.64. The van der Waals surface area contributed by atoms with Crippen molar-refractivity contribution < 1.29 is 14.7 Å². The lowest BCUT2D eigenvalue weighted by molar-refractivity contribution is 0.0696. The van der Waals surface area contributed by atoms with Crippen molar-refractivity contribution >= 4 is 28.6 Å². The summed E-state index contributed by atoms with van der Waals surface area (Å²) < 4.78 is 1.71. The van der Waals surface area contributed by atoms with E-state index in [4.69, 9.17) is 4.84 Å². The predicted molar refractivity (Wildman–Crippen MR) is 96.2 cm³/mol. The van der Waals surface area contributed by atoms with Gasteiger partial charge in [0.15, 0.2) is 5.16 Å². The van der Waals surface area contributed by atoms with E-state index in [9.17, 15) is 9.90 Å². The fraction of sp³-hybridized carbons (Fsp3) is 0.278. The Hall–Kier alpha value is -2.54. The van der Waals surface area contributed by atoms with Crippen LogP contribution < -0.4 is 4.84 Å². The highest BCUT2D eigenvalue weighted by atomic mass is 32.2. The van der Waals surface area contributed by atoms with Gasteiger partial charge in [0.05, 0.1) is 17.4 Å². The second-order valence-electron chi connectivity index (χ2n) is 5.99. The number of thioether (sulfide) groups is 1. The van der Waals surface area contributed by atoms with E-state index in [0.717, 1.165) is 16.5 Å². The van der Waals surface area contributed by atoms with E-state index in [1.807, 2.05) is 24.6 Å².